The second kappa shape index (κ2) is 6.23. The van der Waals surface area contributed by atoms with E-state index in [4.69, 9.17) is 4.42 Å². The zero-order valence-corrected chi connectivity index (χ0v) is 12.8. The summed E-state index contributed by atoms with van der Waals surface area (Å²) in [6, 6.07) is 17.0. The first-order chi connectivity index (χ1) is 11.1. The maximum atomic E-state index is 12.4. The third kappa shape index (κ3) is 3.25. The maximum absolute atomic E-state index is 12.4. The molecule has 0 aliphatic carbocycles. The molecule has 6 nitrogen and oxygen atoms in total. The molecule has 3 rings (SSSR count). The van der Waals surface area contributed by atoms with Crippen molar-refractivity contribution in [3.05, 3.63) is 66.6 Å². The van der Waals surface area contributed by atoms with Crippen LogP contribution >= 0.6 is 0 Å². The number of aliphatic hydroxyl groups excluding tert-OH is 1. The van der Waals surface area contributed by atoms with E-state index in [9.17, 15) is 13.5 Å². The summed E-state index contributed by atoms with van der Waals surface area (Å²) in [7, 11) is -3.80. The molecule has 1 aromatic heterocycles. The van der Waals surface area contributed by atoms with E-state index >= 15 is 0 Å². The molecule has 0 unspecified atom stereocenters. The smallest absolute Gasteiger partial charge is 0.264 e. The lowest BCUT2D eigenvalue weighted by Crippen LogP contribution is -2.12. The molecular weight excluding hydrogens is 316 g/mol. The van der Waals surface area contributed by atoms with E-state index in [0.717, 1.165) is 0 Å². The van der Waals surface area contributed by atoms with Gasteiger partial charge in [0.15, 0.2) is 0 Å². The van der Waals surface area contributed by atoms with Crippen LogP contribution in [0.25, 0.3) is 11.3 Å². The van der Waals surface area contributed by atoms with E-state index in [1.807, 2.05) is 6.07 Å². The number of aromatic nitrogens is 1. The van der Waals surface area contributed by atoms with Gasteiger partial charge in [0.2, 0.25) is 11.8 Å². The molecule has 118 valence electrons. The lowest BCUT2D eigenvalue weighted by atomic mass is 10.2. The van der Waals surface area contributed by atoms with Crippen LogP contribution in [0.2, 0.25) is 0 Å². The first kappa shape index (κ1) is 15.3. The van der Waals surface area contributed by atoms with Gasteiger partial charge in [-0.3, -0.25) is 0 Å². The molecule has 3 aromatic rings. The van der Waals surface area contributed by atoms with Crippen LogP contribution in [0.1, 0.15) is 5.89 Å². The molecule has 1 heterocycles. The second-order valence-electron chi connectivity index (χ2n) is 4.73. The molecule has 0 radical (unpaired) electrons. The molecule has 0 saturated heterocycles. The van der Waals surface area contributed by atoms with Crippen molar-refractivity contribution in [1.29, 1.82) is 0 Å². The van der Waals surface area contributed by atoms with Crippen LogP contribution in [-0.4, -0.2) is 18.5 Å². The first-order valence-electron chi connectivity index (χ1n) is 6.84. The fourth-order valence-electron chi connectivity index (χ4n) is 2.07. The number of rotatable bonds is 5. The Labute approximate surface area is 133 Å². The van der Waals surface area contributed by atoms with Crippen LogP contribution in [0.15, 0.2) is 70.0 Å². The normalized spacial score (nSPS) is 11.3. The van der Waals surface area contributed by atoms with Gasteiger partial charge in [0.25, 0.3) is 10.0 Å². The highest BCUT2D eigenvalue weighted by atomic mass is 32.2. The molecule has 2 aromatic carbocycles. The van der Waals surface area contributed by atoms with Gasteiger partial charge in [-0.1, -0.05) is 48.5 Å². The van der Waals surface area contributed by atoms with Crippen molar-refractivity contribution in [2.45, 2.75) is 11.5 Å². The molecule has 7 heteroatoms. The maximum Gasteiger partial charge on any atom is 0.264 e. The van der Waals surface area contributed by atoms with Gasteiger partial charge in [0.1, 0.15) is 12.3 Å². The molecule has 0 saturated carbocycles. The lowest BCUT2D eigenvalue weighted by molar-refractivity contribution is 0.242. The average Bonchev–Trinajstić information content (AvgIpc) is 2.99. The van der Waals surface area contributed by atoms with Crippen molar-refractivity contribution in [3.63, 3.8) is 0 Å². The molecule has 2 N–H and O–H groups in total. The molecule has 0 aliphatic heterocycles. The second-order valence-corrected chi connectivity index (χ2v) is 6.41. The molecule has 0 spiro atoms. The van der Waals surface area contributed by atoms with Crippen molar-refractivity contribution in [2.24, 2.45) is 0 Å². The monoisotopic (exact) mass is 330 g/mol. The number of hydrogen-bond donors (Lipinski definition) is 2. The van der Waals surface area contributed by atoms with Crippen LogP contribution < -0.4 is 4.72 Å². The minimum absolute atomic E-state index is 0.0240. The van der Waals surface area contributed by atoms with Crippen LogP contribution in [0.5, 0.6) is 0 Å². The molecular formula is C16H14N2O4S. The Morgan fingerprint density at radius 2 is 1.61 bits per heavy atom. The number of benzene rings is 2. The highest BCUT2D eigenvalue weighted by Crippen LogP contribution is 2.30. The van der Waals surface area contributed by atoms with E-state index in [1.54, 1.807) is 42.5 Å². The van der Waals surface area contributed by atoms with Crippen molar-refractivity contribution in [1.82, 2.24) is 4.98 Å². The molecule has 0 amide bonds. The summed E-state index contributed by atoms with van der Waals surface area (Å²) >= 11 is 0. The van der Waals surface area contributed by atoms with Gasteiger partial charge in [-0.25, -0.2) is 18.1 Å². The Hall–Kier alpha value is -2.64. The Kier molecular flexibility index (Phi) is 4.14. The minimum Gasteiger partial charge on any atom is -0.421 e. The average molecular weight is 330 g/mol. The Morgan fingerprint density at radius 1 is 1.00 bits per heavy atom. The van der Waals surface area contributed by atoms with Crippen molar-refractivity contribution in [3.8, 4) is 11.3 Å². The Morgan fingerprint density at radius 3 is 2.22 bits per heavy atom. The standard InChI is InChI=1S/C16H14N2O4S/c19-11-14-17-15(12-7-3-1-4-8-12)16(22-14)18-23(20,21)13-9-5-2-6-10-13/h1-10,18-19H,11H2. The third-order valence-corrected chi connectivity index (χ3v) is 4.48. The summed E-state index contributed by atoms with van der Waals surface area (Å²) in [5.41, 5.74) is 1.01. The highest BCUT2D eigenvalue weighted by Gasteiger charge is 2.21. The predicted molar refractivity (Wildman–Crippen MR) is 85.1 cm³/mol. The number of nitrogens with one attached hydrogen (secondary N) is 1. The topological polar surface area (TPSA) is 92.4 Å². The summed E-state index contributed by atoms with van der Waals surface area (Å²) in [5.74, 6) is 0.0127. The van der Waals surface area contributed by atoms with Crippen LogP contribution in [0, 0.1) is 0 Å². The molecule has 0 atom stereocenters. The summed E-state index contributed by atoms with van der Waals surface area (Å²) in [5, 5.41) is 9.20. The van der Waals surface area contributed by atoms with Gasteiger partial charge in [0, 0.05) is 5.56 Å². The van der Waals surface area contributed by atoms with Gasteiger partial charge >= 0.3 is 0 Å². The van der Waals surface area contributed by atoms with Crippen LogP contribution in [0.4, 0.5) is 5.88 Å². The van der Waals surface area contributed by atoms with Gasteiger partial charge in [-0.05, 0) is 12.1 Å². The Bertz CT molecular complexity index is 890. The molecule has 0 aliphatic rings. The summed E-state index contributed by atoms with van der Waals surface area (Å²) in [6.45, 7) is -0.424. The van der Waals surface area contributed by atoms with Gasteiger partial charge in [-0.15, -0.1) is 0 Å². The lowest BCUT2D eigenvalue weighted by Gasteiger charge is -2.06. The zero-order valence-electron chi connectivity index (χ0n) is 12.0. The van der Waals surface area contributed by atoms with Gasteiger partial charge in [-0.2, -0.15) is 0 Å². The Balaban J connectivity index is 2.02. The predicted octanol–water partition coefficient (Wildman–Crippen LogP) is 2.63. The van der Waals surface area contributed by atoms with Gasteiger partial charge in [0.05, 0.1) is 4.90 Å². The number of sulfonamides is 1. The summed E-state index contributed by atoms with van der Waals surface area (Å²) in [4.78, 5) is 4.25. The SMILES string of the molecule is O=S(=O)(Nc1oc(CO)nc1-c1ccccc1)c1ccccc1. The molecule has 0 bridgehead atoms. The van der Waals surface area contributed by atoms with E-state index in [1.165, 1.54) is 12.1 Å². The van der Waals surface area contributed by atoms with E-state index in [0.29, 0.717) is 11.3 Å². The largest absolute Gasteiger partial charge is 0.421 e. The molecule has 23 heavy (non-hydrogen) atoms. The zero-order chi connectivity index (χ0) is 16.3. The summed E-state index contributed by atoms with van der Waals surface area (Å²) < 4.78 is 32.6. The van der Waals surface area contributed by atoms with Crippen molar-refractivity contribution in [2.75, 3.05) is 4.72 Å². The first-order valence-corrected chi connectivity index (χ1v) is 8.32. The third-order valence-electron chi connectivity index (χ3n) is 3.13. The number of nitrogens with zero attached hydrogens (tertiary/aromatic N) is 1. The number of oxazole rings is 1. The fraction of sp³-hybridized carbons (Fsp3) is 0.0625. The minimum atomic E-state index is -3.80. The van der Waals surface area contributed by atoms with E-state index < -0.39 is 16.6 Å². The van der Waals surface area contributed by atoms with Crippen LogP contribution in [0.3, 0.4) is 0 Å². The number of anilines is 1. The number of aliphatic hydroxyl groups is 1. The number of hydrogen-bond acceptors (Lipinski definition) is 5. The van der Waals surface area contributed by atoms with Crippen molar-refractivity contribution >= 4 is 15.9 Å². The molecule has 0 fully saturated rings. The van der Waals surface area contributed by atoms with E-state index in [-0.39, 0.29) is 16.7 Å². The summed E-state index contributed by atoms with van der Waals surface area (Å²) in [6.07, 6.45) is 0. The highest BCUT2D eigenvalue weighted by molar-refractivity contribution is 7.92. The fourth-order valence-corrected chi connectivity index (χ4v) is 3.09. The van der Waals surface area contributed by atoms with Crippen molar-refractivity contribution < 1.29 is 17.9 Å². The van der Waals surface area contributed by atoms with Gasteiger partial charge < -0.3 is 9.52 Å². The van der Waals surface area contributed by atoms with E-state index in [2.05, 4.69) is 9.71 Å². The van der Waals surface area contributed by atoms with Crippen LogP contribution in [-0.2, 0) is 16.6 Å². The quantitative estimate of drug-likeness (QED) is 0.750.